The average Bonchev–Trinajstić information content (AvgIpc) is 3.82. The number of nitrogens with zero attached hydrogens (tertiary/aromatic N) is 6. The maximum Gasteiger partial charge on any atom is 0.413 e. The summed E-state index contributed by atoms with van der Waals surface area (Å²) in [5, 5.41) is 11.0. The summed E-state index contributed by atoms with van der Waals surface area (Å²) in [6.07, 6.45) is 6.30. The topological polar surface area (TPSA) is 130 Å². The molecule has 4 aliphatic heterocycles. The Labute approximate surface area is 288 Å². The predicted molar refractivity (Wildman–Crippen MR) is 178 cm³/mol. The van der Waals surface area contributed by atoms with E-state index in [2.05, 4.69) is 21.8 Å². The van der Waals surface area contributed by atoms with Crippen molar-refractivity contribution in [3.8, 4) is 23.0 Å². The molecule has 5 atom stereocenters. The highest BCUT2D eigenvalue weighted by Gasteiger charge is 2.50. The summed E-state index contributed by atoms with van der Waals surface area (Å²) in [5.41, 5.74) is 2.28. The van der Waals surface area contributed by atoms with Gasteiger partial charge in [-0.2, -0.15) is 9.97 Å². The number of halogens is 2. The van der Waals surface area contributed by atoms with Crippen LogP contribution in [-0.4, -0.2) is 105 Å². The zero-order valence-electron chi connectivity index (χ0n) is 28.4. The van der Waals surface area contributed by atoms with Gasteiger partial charge in [0.1, 0.15) is 35.6 Å². The summed E-state index contributed by atoms with van der Waals surface area (Å²) in [6.45, 7) is 5.05. The number of esters is 1. The minimum absolute atomic E-state index is 0.00442. The molecule has 1 N–H and O–H groups in total. The van der Waals surface area contributed by atoms with Crippen molar-refractivity contribution in [3.05, 3.63) is 35.3 Å². The molecule has 1 unspecified atom stereocenters. The maximum absolute atomic E-state index is 17.0. The van der Waals surface area contributed by atoms with Crippen LogP contribution in [0.5, 0.6) is 11.8 Å². The van der Waals surface area contributed by atoms with Crippen LogP contribution < -0.4 is 9.64 Å². The fourth-order valence-corrected chi connectivity index (χ4v) is 9.24. The Morgan fingerprint density at radius 3 is 2.66 bits per heavy atom. The van der Waals surface area contributed by atoms with Crippen molar-refractivity contribution in [2.75, 3.05) is 44.5 Å². The number of phenolic OH excluding ortho intramolecular Hbond substituents is 1. The van der Waals surface area contributed by atoms with Crippen LogP contribution in [0.4, 0.5) is 19.4 Å². The summed E-state index contributed by atoms with van der Waals surface area (Å²) in [6, 6.07) is 2.92. The van der Waals surface area contributed by atoms with E-state index in [1.54, 1.807) is 23.2 Å². The highest BCUT2D eigenvalue weighted by Crippen LogP contribution is 2.45. The second-order valence-corrected chi connectivity index (χ2v) is 14.4. The number of ether oxygens (including phenoxy) is 3. The fourth-order valence-electron chi connectivity index (χ4n) is 9.24. The molecule has 0 spiro atoms. The molecule has 5 aliphatic rings. The summed E-state index contributed by atoms with van der Waals surface area (Å²) < 4.78 is 47.8. The molecule has 2 aromatic heterocycles. The van der Waals surface area contributed by atoms with Crippen molar-refractivity contribution in [2.45, 2.75) is 94.9 Å². The Hall–Kier alpha value is -4.33. The Morgan fingerprint density at radius 1 is 1.10 bits per heavy atom. The number of aryl methyl sites for hydroxylation is 1. The van der Waals surface area contributed by atoms with Crippen molar-refractivity contribution < 1.29 is 37.7 Å². The highest BCUT2D eigenvalue weighted by molar-refractivity contribution is 5.92. The molecule has 266 valence electrons. The van der Waals surface area contributed by atoms with Gasteiger partial charge in [-0.1, -0.05) is 6.92 Å². The molecule has 0 radical (unpaired) electrons. The second-order valence-electron chi connectivity index (χ2n) is 14.4. The molecule has 0 saturated carbocycles. The van der Waals surface area contributed by atoms with Gasteiger partial charge in [0.25, 0.3) is 0 Å². The highest BCUT2D eigenvalue weighted by atomic mass is 19.1. The van der Waals surface area contributed by atoms with Gasteiger partial charge >= 0.3 is 18.1 Å². The lowest BCUT2D eigenvalue weighted by atomic mass is 9.91. The first kappa shape index (κ1) is 32.9. The van der Waals surface area contributed by atoms with Crippen molar-refractivity contribution in [1.29, 1.82) is 0 Å². The molecule has 12 nitrogen and oxygen atoms in total. The number of alkyl halides is 1. The molecular formula is C36H42F2N6O6. The molecule has 1 aliphatic carbocycles. The lowest BCUT2D eigenvalue weighted by Gasteiger charge is -2.41. The van der Waals surface area contributed by atoms with Crippen LogP contribution in [0.25, 0.3) is 22.2 Å². The molecule has 4 saturated heterocycles. The lowest BCUT2D eigenvalue weighted by Crippen LogP contribution is -2.56. The van der Waals surface area contributed by atoms with Gasteiger partial charge in [-0.25, -0.2) is 13.6 Å². The molecule has 14 heteroatoms. The third kappa shape index (κ3) is 5.65. The van der Waals surface area contributed by atoms with Crippen LogP contribution in [0.3, 0.4) is 0 Å². The molecular weight excluding hydrogens is 650 g/mol. The Balaban J connectivity index is 1.17. The Bertz CT molecular complexity index is 1830. The number of amides is 1. The minimum atomic E-state index is -0.929. The number of benzene rings is 1. The Kier molecular flexibility index (Phi) is 8.39. The standard InChI is InChI=1S/C36H42F2N6O6/c1-3-21-5-6-22-11-26(46)12-27(29(21)22)31-30(38)32-28(14-39-31)33(41-34(40-32)48-18-36-9-4-10-43(36)15-23(37)13-36)42-16-24-7-8-25(17-42)44(24)35(47)50-19-49-20(2)45/h11-12,14,21,23-25,46H,3-10,13,15-19H2,1-2H3/t21?,23-,24-,25+,36+/m1/s1. The van der Waals surface area contributed by atoms with Crippen LogP contribution in [-0.2, 0) is 20.7 Å². The van der Waals surface area contributed by atoms with Crippen LogP contribution in [0.1, 0.15) is 75.8 Å². The Morgan fingerprint density at radius 2 is 1.90 bits per heavy atom. The minimum Gasteiger partial charge on any atom is -0.508 e. The number of carbonyl (C=O) groups is 2. The van der Waals surface area contributed by atoms with E-state index >= 15 is 4.39 Å². The van der Waals surface area contributed by atoms with Gasteiger partial charge in [0.05, 0.1) is 23.0 Å². The number of rotatable bonds is 8. The van der Waals surface area contributed by atoms with E-state index in [1.165, 1.54) is 6.92 Å². The number of hydrogen-bond acceptors (Lipinski definition) is 11. The monoisotopic (exact) mass is 692 g/mol. The summed E-state index contributed by atoms with van der Waals surface area (Å²) in [4.78, 5) is 44.1. The molecule has 6 heterocycles. The van der Waals surface area contributed by atoms with E-state index in [-0.39, 0.29) is 47.6 Å². The van der Waals surface area contributed by atoms with Gasteiger partial charge in [0, 0.05) is 44.7 Å². The van der Waals surface area contributed by atoms with Crippen molar-refractivity contribution >= 4 is 28.8 Å². The van der Waals surface area contributed by atoms with Crippen molar-refractivity contribution in [1.82, 2.24) is 24.8 Å². The normalized spacial score (nSPS) is 27.1. The van der Waals surface area contributed by atoms with Crippen LogP contribution >= 0.6 is 0 Å². The zero-order chi connectivity index (χ0) is 34.7. The van der Waals surface area contributed by atoms with E-state index in [0.717, 1.165) is 62.6 Å². The van der Waals surface area contributed by atoms with Crippen molar-refractivity contribution in [3.63, 3.8) is 0 Å². The first-order valence-electron chi connectivity index (χ1n) is 17.7. The number of aromatic hydroxyl groups is 1. The quantitative estimate of drug-likeness (QED) is 0.246. The van der Waals surface area contributed by atoms with Gasteiger partial charge in [0.2, 0.25) is 6.79 Å². The van der Waals surface area contributed by atoms with E-state index < -0.39 is 36.4 Å². The van der Waals surface area contributed by atoms with Crippen LogP contribution in [0.2, 0.25) is 0 Å². The van der Waals surface area contributed by atoms with Crippen LogP contribution in [0.15, 0.2) is 18.3 Å². The molecule has 3 aromatic rings. The third-order valence-electron chi connectivity index (χ3n) is 11.5. The molecule has 1 amide bonds. The number of piperazine rings is 1. The molecule has 8 rings (SSSR count). The lowest BCUT2D eigenvalue weighted by molar-refractivity contribution is -0.149. The summed E-state index contributed by atoms with van der Waals surface area (Å²) in [5.74, 6) is -0.446. The van der Waals surface area contributed by atoms with Gasteiger partial charge in [-0.3, -0.25) is 19.6 Å². The predicted octanol–water partition coefficient (Wildman–Crippen LogP) is 5.24. The number of pyridine rings is 1. The van der Waals surface area contributed by atoms with E-state index in [0.29, 0.717) is 42.8 Å². The first-order valence-corrected chi connectivity index (χ1v) is 17.7. The molecule has 4 fully saturated rings. The average molecular weight is 693 g/mol. The zero-order valence-corrected chi connectivity index (χ0v) is 28.4. The van der Waals surface area contributed by atoms with Gasteiger partial charge in [-0.15, -0.1) is 0 Å². The van der Waals surface area contributed by atoms with Gasteiger partial charge in [0.15, 0.2) is 5.82 Å². The number of phenols is 1. The number of aromatic nitrogens is 3. The first-order chi connectivity index (χ1) is 24.1. The third-order valence-corrected chi connectivity index (χ3v) is 11.5. The van der Waals surface area contributed by atoms with Gasteiger partial charge in [-0.05, 0) is 80.7 Å². The second kappa shape index (κ2) is 12.8. The van der Waals surface area contributed by atoms with Gasteiger partial charge < -0.3 is 24.2 Å². The summed E-state index contributed by atoms with van der Waals surface area (Å²) in [7, 11) is 0. The van der Waals surface area contributed by atoms with E-state index in [9.17, 15) is 19.1 Å². The largest absolute Gasteiger partial charge is 0.508 e. The number of hydrogen-bond donors (Lipinski definition) is 1. The molecule has 2 bridgehead atoms. The van der Waals surface area contributed by atoms with E-state index in [1.807, 2.05) is 4.90 Å². The van der Waals surface area contributed by atoms with Crippen LogP contribution in [0, 0.1) is 5.82 Å². The number of anilines is 1. The maximum atomic E-state index is 17.0. The SMILES string of the molecule is CCC1CCc2cc(O)cc(-c3ncc4c(N5C[C@H]6CC[C@@H](C5)N6C(=O)OCOC(C)=O)nc(OC[C@@]56CCCN5C[C@H](F)C6)nc4c3F)c21. The number of fused-ring (bicyclic) bond motifs is 5. The summed E-state index contributed by atoms with van der Waals surface area (Å²) >= 11 is 0. The number of carbonyl (C=O) groups excluding carboxylic acids is 2. The van der Waals surface area contributed by atoms with Crippen molar-refractivity contribution in [2.24, 2.45) is 0 Å². The molecule has 50 heavy (non-hydrogen) atoms. The fraction of sp³-hybridized carbons (Fsp3) is 0.583. The smallest absolute Gasteiger partial charge is 0.413 e. The van der Waals surface area contributed by atoms with E-state index in [4.69, 9.17) is 19.2 Å². The molecule has 1 aromatic carbocycles.